The first-order chi connectivity index (χ1) is 7.02. The highest BCUT2D eigenvalue weighted by Gasteiger charge is 2.28. The fourth-order valence-electron chi connectivity index (χ4n) is 1.73. The third-order valence-electron chi connectivity index (χ3n) is 2.71. The second-order valence-electron chi connectivity index (χ2n) is 4.96. The maximum absolute atomic E-state index is 5.70. The molecule has 0 amide bonds. The predicted octanol–water partition coefficient (Wildman–Crippen LogP) is 1.59. The molecule has 0 fully saturated rings. The van der Waals surface area contributed by atoms with E-state index in [1.54, 1.807) is 7.11 Å². The summed E-state index contributed by atoms with van der Waals surface area (Å²) < 4.78 is 12.8. The Morgan fingerprint density at radius 2 is 2.27 bits per heavy atom. The Morgan fingerprint density at radius 1 is 1.53 bits per heavy atom. The fraction of sp³-hybridized carbons (Fsp3) is 0.727. The molecule has 4 heteroatoms. The lowest BCUT2D eigenvalue weighted by atomic mass is 9.89. The molecule has 0 spiro atoms. The molecule has 1 atom stereocenters. The van der Waals surface area contributed by atoms with Crippen LogP contribution in [0.5, 0.6) is 5.88 Å². The second-order valence-corrected chi connectivity index (χ2v) is 4.96. The molecule has 0 N–H and O–H groups in total. The van der Waals surface area contributed by atoms with E-state index in [1.807, 2.05) is 10.9 Å². The van der Waals surface area contributed by atoms with Gasteiger partial charge in [-0.1, -0.05) is 20.8 Å². The molecule has 2 heterocycles. The lowest BCUT2D eigenvalue weighted by Gasteiger charge is -2.26. The van der Waals surface area contributed by atoms with E-state index in [0.717, 1.165) is 18.0 Å². The molecule has 0 aliphatic carbocycles. The molecule has 0 unspecified atom stereocenters. The van der Waals surface area contributed by atoms with Gasteiger partial charge in [0, 0.05) is 12.7 Å². The van der Waals surface area contributed by atoms with Crippen LogP contribution in [0.25, 0.3) is 0 Å². The van der Waals surface area contributed by atoms with E-state index in [-0.39, 0.29) is 11.5 Å². The van der Waals surface area contributed by atoms with Crippen LogP contribution in [0, 0.1) is 0 Å². The van der Waals surface area contributed by atoms with Gasteiger partial charge in [0.15, 0.2) is 0 Å². The van der Waals surface area contributed by atoms with Crippen LogP contribution in [-0.4, -0.2) is 29.6 Å². The maximum Gasteiger partial charge on any atom is 0.215 e. The molecule has 1 aromatic heterocycles. The zero-order valence-electron chi connectivity index (χ0n) is 9.78. The minimum absolute atomic E-state index is 0.0769. The molecule has 84 valence electrons. The topological polar surface area (TPSA) is 36.3 Å². The summed E-state index contributed by atoms with van der Waals surface area (Å²) in [6.45, 7) is 7.89. The van der Waals surface area contributed by atoms with Crippen molar-refractivity contribution in [3.05, 3.63) is 11.8 Å². The van der Waals surface area contributed by atoms with Gasteiger partial charge in [-0.3, -0.25) is 0 Å². The molecule has 0 saturated carbocycles. The third kappa shape index (κ3) is 1.86. The van der Waals surface area contributed by atoms with E-state index in [9.17, 15) is 0 Å². The van der Waals surface area contributed by atoms with Crippen molar-refractivity contribution < 1.29 is 9.47 Å². The van der Waals surface area contributed by atoms with Crippen LogP contribution in [0.15, 0.2) is 6.20 Å². The van der Waals surface area contributed by atoms with Crippen molar-refractivity contribution in [1.29, 1.82) is 0 Å². The van der Waals surface area contributed by atoms with Crippen LogP contribution in [0.1, 0.15) is 26.3 Å². The second kappa shape index (κ2) is 3.52. The number of nitrogens with zero attached hydrogens (tertiary/aromatic N) is 2. The van der Waals surface area contributed by atoms with E-state index in [0.29, 0.717) is 6.61 Å². The first kappa shape index (κ1) is 10.5. The highest BCUT2D eigenvalue weighted by Crippen LogP contribution is 2.32. The van der Waals surface area contributed by atoms with E-state index < -0.39 is 0 Å². The summed E-state index contributed by atoms with van der Waals surface area (Å²) in [5, 5.41) is 4.33. The Labute approximate surface area is 90.2 Å². The number of hydrogen-bond acceptors (Lipinski definition) is 3. The van der Waals surface area contributed by atoms with Crippen molar-refractivity contribution in [2.24, 2.45) is 0 Å². The molecule has 1 aromatic rings. The first-order valence-electron chi connectivity index (χ1n) is 5.24. The van der Waals surface area contributed by atoms with Crippen molar-refractivity contribution in [3.8, 4) is 5.88 Å². The van der Waals surface area contributed by atoms with E-state index in [2.05, 4.69) is 25.9 Å². The Balaban J connectivity index is 2.30. The maximum atomic E-state index is 5.70. The molecular weight excluding hydrogens is 192 g/mol. The Morgan fingerprint density at radius 3 is 2.87 bits per heavy atom. The molecule has 0 saturated heterocycles. The highest BCUT2D eigenvalue weighted by molar-refractivity contribution is 5.31. The summed E-state index contributed by atoms with van der Waals surface area (Å²) >= 11 is 0. The van der Waals surface area contributed by atoms with Gasteiger partial charge in [-0.15, -0.1) is 0 Å². The average molecular weight is 210 g/mol. The van der Waals surface area contributed by atoms with Gasteiger partial charge in [0.2, 0.25) is 5.88 Å². The largest absolute Gasteiger partial charge is 0.475 e. The van der Waals surface area contributed by atoms with E-state index in [1.165, 1.54) is 0 Å². The van der Waals surface area contributed by atoms with Gasteiger partial charge in [-0.05, 0) is 5.41 Å². The molecule has 15 heavy (non-hydrogen) atoms. The standard InChI is InChI=1S/C11H18N2O2/c1-11(2,3)9-5-12-13-6-8(14-4)7-15-10(9)13/h5,8H,6-7H2,1-4H3/t8-/m1/s1. The lowest BCUT2D eigenvalue weighted by Crippen LogP contribution is -2.32. The van der Waals surface area contributed by atoms with Crippen LogP contribution < -0.4 is 4.74 Å². The van der Waals surface area contributed by atoms with Crippen LogP contribution in [0.2, 0.25) is 0 Å². The summed E-state index contributed by atoms with van der Waals surface area (Å²) in [6.07, 6.45) is 2.01. The summed E-state index contributed by atoms with van der Waals surface area (Å²) in [6, 6.07) is 0. The smallest absolute Gasteiger partial charge is 0.215 e. The molecule has 1 aliphatic heterocycles. The van der Waals surface area contributed by atoms with Crippen molar-refractivity contribution in [3.63, 3.8) is 0 Å². The number of ether oxygens (including phenoxy) is 2. The number of rotatable bonds is 1. The van der Waals surface area contributed by atoms with E-state index >= 15 is 0 Å². The average Bonchev–Trinajstić information content (AvgIpc) is 2.59. The van der Waals surface area contributed by atoms with Crippen molar-refractivity contribution in [1.82, 2.24) is 9.78 Å². The number of methoxy groups -OCH3 is 1. The first-order valence-corrected chi connectivity index (χ1v) is 5.24. The van der Waals surface area contributed by atoms with Crippen molar-refractivity contribution in [2.75, 3.05) is 13.7 Å². The number of aromatic nitrogens is 2. The van der Waals surface area contributed by atoms with Gasteiger partial charge in [0.25, 0.3) is 0 Å². The fourth-order valence-corrected chi connectivity index (χ4v) is 1.73. The van der Waals surface area contributed by atoms with Crippen LogP contribution in [0.4, 0.5) is 0 Å². The molecular formula is C11H18N2O2. The third-order valence-corrected chi connectivity index (χ3v) is 2.71. The highest BCUT2D eigenvalue weighted by atomic mass is 16.5. The molecule has 0 aromatic carbocycles. The number of hydrogen-bond donors (Lipinski definition) is 0. The van der Waals surface area contributed by atoms with E-state index in [4.69, 9.17) is 9.47 Å². The minimum atomic E-state index is 0.0769. The predicted molar refractivity (Wildman–Crippen MR) is 57.2 cm³/mol. The monoisotopic (exact) mass is 210 g/mol. The Kier molecular flexibility index (Phi) is 2.46. The zero-order chi connectivity index (χ0) is 11.1. The Bertz CT molecular complexity index is 352. The van der Waals surface area contributed by atoms with Crippen molar-refractivity contribution >= 4 is 0 Å². The Hall–Kier alpha value is -1.03. The van der Waals surface area contributed by atoms with Gasteiger partial charge >= 0.3 is 0 Å². The van der Waals surface area contributed by atoms with Gasteiger partial charge in [-0.2, -0.15) is 5.10 Å². The van der Waals surface area contributed by atoms with Gasteiger partial charge in [-0.25, -0.2) is 4.68 Å². The van der Waals surface area contributed by atoms with Crippen LogP contribution in [-0.2, 0) is 16.7 Å². The number of fused-ring (bicyclic) bond motifs is 1. The van der Waals surface area contributed by atoms with Crippen molar-refractivity contribution in [2.45, 2.75) is 38.8 Å². The normalized spacial score (nSPS) is 20.9. The lowest BCUT2D eigenvalue weighted by molar-refractivity contribution is 0.0171. The van der Waals surface area contributed by atoms with Crippen LogP contribution in [0.3, 0.4) is 0 Å². The zero-order valence-corrected chi connectivity index (χ0v) is 9.78. The molecule has 0 radical (unpaired) electrons. The summed E-state index contributed by atoms with van der Waals surface area (Å²) in [5.41, 5.74) is 1.24. The van der Waals surface area contributed by atoms with Gasteiger partial charge < -0.3 is 9.47 Å². The minimum Gasteiger partial charge on any atom is -0.475 e. The van der Waals surface area contributed by atoms with Crippen LogP contribution >= 0.6 is 0 Å². The SMILES string of the molecule is CO[C@H]1COc2c(C(C)(C)C)cnn2C1. The molecule has 4 nitrogen and oxygen atoms in total. The quantitative estimate of drug-likeness (QED) is 0.706. The molecule has 2 rings (SSSR count). The summed E-state index contributed by atoms with van der Waals surface area (Å²) in [5.74, 6) is 0.899. The molecule has 0 bridgehead atoms. The van der Waals surface area contributed by atoms with Gasteiger partial charge in [0.05, 0.1) is 12.7 Å². The van der Waals surface area contributed by atoms with Gasteiger partial charge in [0.1, 0.15) is 12.7 Å². The molecule has 1 aliphatic rings. The summed E-state index contributed by atoms with van der Waals surface area (Å²) in [7, 11) is 1.70. The summed E-state index contributed by atoms with van der Waals surface area (Å²) in [4.78, 5) is 0.